The Bertz CT molecular complexity index is 710. The van der Waals surface area contributed by atoms with Crippen LogP contribution in [0.5, 0.6) is 0 Å². The summed E-state index contributed by atoms with van der Waals surface area (Å²) in [7, 11) is 0. The van der Waals surface area contributed by atoms with Crippen molar-refractivity contribution in [1.29, 1.82) is 0 Å². The van der Waals surface area contributed by atoms with Gasteiger partial charge in [-0.2, -0.15) is 10.2 Å². The summed E-state index contributed by atoms with van der Waals surface area (Å²) in [6, 6.07) is -0.629. The summed E-state index contributed by atoms with van der Waals surface area (Å²) in [5, 5.41) is 22.0. The van der Waals surface area contributed by atoms with Crippen LogP contribution in [0.2, 0.25) is 5.02 Å². The molecule has 1 unspecified atom stereocenters. The van der Waals surface area contributed by atoms with E-state index in [0.29, 0.717) is 23.7 Å². The van der Waals surface area contributed by atoms with Gasteiger partial charge in [0.05, 0.1) is 16.5 Å². The number of aryl methyl sites for hydroxylation is 1. The van der Waals surface area contributed by atoms with Crippen molar-refractivity contribution in [1.82, 2.24) is 24.9 Å². The van der Waals surface area contributed by atoms with Crippen LogP contribution in [0.25, 0.3) is 0 Å². The average Bonchev–Trinajstić information content (AvgIpc) is 3.13. The molecule has 2 aromatic heterocycles. The molecule has 23 heavy (non-hydrogen) atoms. The molecule has 124 valence electrons. The smallest absolute Gasteiger partial charge is 0.307 e. The molecule has 2 heterocycles. The van der Waals surface area contributed by atoms with Crippen molar-refractivity contribution >= 4 is 23.2 Å². The molecule has 0 saturated carbocycles. The number of rotatable bonds is 7. The van der Waals surface area contributed by atoms with Gasteiger partial charge < -0.3 is 5.32 Å². The summed E-state index contributed by atoms with van der Waals surface area (Å²) in [6.07, 6.45) is 4.50. The average molecular weight is 341 g/mol. The quantitative estimate of drug-likeness (QED) is 0.612. The van der Waals surface area contributed by atoms with Gasteiger partial charge >= 0.3 is 5.69 Å². The Morgan fingerprint density at radius 2 is 2.22 bits per heavy atom. The summed E-state index contributed by atoms with van der Waals surface area (Å²) in [6.45, 7) is 4.60. The second-order valence-electron chi connectivity index (χ2n) is 4.86. The molecule has 0 aliphatic heterocycles. The van der Waals surface area contributed by atoms with E-state index in [1.54, 1.807) is 17.8 Å². The third-order valence-corrected chi connectivity index (χ3v) is 3.66. The number of nitro groups is 1. The minimum Gasteiger partial charge on any atom is -0.348 e. The van der Waals surface area contributed by atoms with Crippen LogP contribution in [0.15, 0.2) is 18.6 Å². The maximum absolute atomic E-state index is 12.3. The summed E-state index contributed by atoms with van der Waals surface area (Å²) in [5.74, 6) is -0.299. The number of nitrogens with one attached hydrogen (secondary N) is 1. The van der Waals surface area contributed by atoms with Crippen LogP contribution in [0.3, 0.4) is 0 Å². The molecule has 1 N–H and O–H groups in total. The topological polar surface area (TPSA) is 108 Å². The van der Waals surface area contributed by atoms with Gasteiger partial charge in [-0.15, -0.1) is 0 Å². The Labute approximate surface area is 137 Å². The van der Waals surface area contributed by atoms with Gasteiger partial charge in [0.25, 0.3) is 0 Å². The Hall–Kier alpha value is -2.42. The molecule has 0 saturated heterocycles. The van der Waals surface area contributed by atoms with Gasteiger partial charge in [0.1, 0.15) is 24.1 Å². The lowest BCUT2D eigenvalue weighted by molar-refractivity contribution is -0.385. The highest BCUT2D eigenvalue weighted by atomic mass is 35.5. The normalized spacial score (nSPS) is 12.1. The molecular formula is C13H17ClN6O3. The molecule has 2 aromatic rings. The van der Waals surface area contributed by atoms with Crippen LogP contribution in [-0.4, -0.2) is 30.4 Å². The number of aromatic nitrogens is 4. The highest BCUT2D eigenvalue weighted by Crippen LogP contribution is 2.17. The number of hydrogen-bond acceptors (Lipinski definition) is 5. The lowest BCUT2D eigenvalue weighted by Crippen LogP contribution is -2.32. The molecule has 0 bridgehead atoms. The predicted octanol–water partition coefficient (Wildman–Crippen LogP) is 1.93. The first-order chi connectivity index (χ1) is 11.0. The Morgan fingerprint density at radius 1 is 1.48 bits per heavy atom. The monoisotopic (exact) mass is 340 g/mol. The van der Waals surface area contributed by atoms with Crippen molar-refractivity contribution in [2.24, 2.45) is 0 Å². The number of carbonyl (C=O) groups is 1. The summed E-state index contributed by atoms with van der Waals surface area (Å²) in [5.41, 5.74) is 0.421. The lowest BCUT2D eigenvalue weighted by atomic mass is 10.2. The second-order valence-corrected chi connectivity index (χ2v) is 5.26. The van der Waals surface area contributed by atoms with Crippen LogP contribution in [0.4, 0.5) is 5.69 Å². The Morgan fingerprint density at radius 3 is 2.74 bits per heavy atom. The third-order valence-electron chi connectivity index (χ3n) is 3.35. The zero-order valence-corrected chi connectivity index (χ0v) is 13.5. The standard InChI is InChI=1S/C13H17ClN6O3/c1-3-12(19-7-9(5-16-19)20(22)23)13(21)15-6-11-10(14)8-18(4-2)17-11/h5,7-8,12H,3-4,6H2,1-2H3,(H,15,21). The maximum Gasteiger partial charge on any atom is 0.307 e. The van der Waals surface area contributed by atoms with Crippen LogP contribution in [0.1, 0.15) is 32.0 Å². The van der Waals surface area contributed by atoms with Gasteiger partial charge in [-0.05, 0) is 13.3 Å². The molecule has 0 aliphatic rings. The second kappa shape index (κ2) is 7.23. The summed E-state index contributed by atoms with van der Waals surface area (Å²) >= 11 is 6.05. The first-order valence-electron chi connectivity index (χ1n) is 7.14. The molecule has 1 atom stereocenters. The number of amides is 1. The van der Waals surface area contributed by atoms with E-state index in [0.717, 1.165) is 6.20 Å². The van der Waals surface area contributed by atoms with E-state index in [4.69, 9.17) is 11.6 Å². The van der Waals surface area contributed by atoms with Crippen molar-refractivity contribution in [2.75, 3.05) is 0 Å². The molecule has 0 aromatic carbocycles. The fourth-order valence-electron chi connectivity index (χ4n) is 2.09. The summed E-state index contributed by atoms with van der Waals surface area (Å²) < 4.78 is 2.97. The Kier molecular flexibility index (Phi) is 5.32. The van der Waals surface area contributed by atoms with E-state index in [1.165, 1.54) is 10.9 Å². The molecule has 0 fully saturated rings. The number of halogens is 1. The Balaban J connectivity index is 2.04. The van der Waals surface area contributed by atoms with E-state index in [-0.39, 0.29) is 18.1 Å². The van der Waals surface area contributed by atoms with E-state index < -0.39 is 11.0 Å². The van der Waals surface area contributed by atoms with Crippen molar-refractivity contribution in [3.63, 3.8) is 0 Å². The van der Waals surface area contributed by atoms with Crippen LogP contribution < -0.4 is 5.32 Å². The SMILES string of the molecule is CCC(C(=O)NCc1nn(CC)cc1Cl)n1cc([N+](=O)[O-])cn1. The van der Waals surface area contributed by atoms with Crippen molar-refractivity contribution in [3.05, 3.63) is 39.4 Å². The molecule has 1 amide bonds. The zero-order valence-electron chi connectivity index (χ0n) is 12.8. The summed E-state index contributed by atoms with van der Waals surface area (Å²) in [4.78, 5) is 22.4. The molecule has 9 nitrogen and oxygen atoms in total. The van der Waals surface area contributed by atoms with Gasteiger partial charge in [0, 0.05) is 12.7 Å². The molecule has 0 radical (unpaired) electrons. The van der Waals surface area contributed by atoms with Crippen molar-refractivity contribution < 1.29 is 9.72 Å². The third kappa shape index (κ3) is 3.86. The predicted molar refractivity (Wildman–Crippen MR) is 83.0 cm³/mol. The first kappa shape index (κ1) is 16.9. The van der Waals surface area contributed by atoms with E-state index in [1.807, 2.05) is 6.92 Å². The van der Waals surface area contributed by atoms with Crippen LogP contribution in [0, 0.1) is 10.1 Å². The first-order valence-corrected chi connectivity index (χ1v) is 7.52. The van der Waals surface area contributed by atoms with E-state index in [2.05, 4.69) is 15.5 Å². The largest absolute Gasteiger partial charge is 0.348 e. The molecule has 2 rings (SSSR count). The van der Waals surface area contributed by atoms with Crippen LogP contribution >= 0.6 is 11.6 Å². The van der Waals surface area contributed by atoms with E-state index in [9.17, 15) is 14.9 Å². The fraction of sp³-hybridized carbons (Fsp3) is 0.462. The van der Waals surface area contributed by atoms with Gasteiger partial charge in [0.2, 0.25) is 5.91 Å². The number of carbonyl (C=O) groups excluding carboxylic acids is 1. The lowest BCUT2D eigenvalue weighted by Gasteiger charge is -2.14. The zero-order chi connectivity index (χ0) is 17.0. The maximum atomic E-state index is 12.3. The van der Waals surface area contributed by atoms with E-state index >= 15 is 0 Å². The van der Waals surface area contributed by atoms with Crippen molar-refractivity contribution in [2.45, 2.75) is 39.4 Å². The minimum absolute atomic E-state index is 0.152. The van der Waals surface area contributed by atoms with Gasteiger partial charge in [-0.1, -0.05) is 18.5 Å². The van der Waals surface area contributed by atoms with Gasteiger partial charge in [-0.3, -0.25) is 24.3 Å². The van der Waals surface area contributed by atoms with Gasteiger partial charge in [0.15, 0.2) is 0 Å². The molecule has 0 aliphatic carbocycles. The molecular weight excluding hydrogens is 324 g/mol. The fourth-order valence-corrected chi connectivity index (χ4v) is 2.31. The molecule has 0 spiro atoms. The molecule has 10 heteroatoms. The van der Waals surface area contributed by atoms with Crippen LogP contribution in [-0.2, 0) is 17.9 Å². The number of hydrogen-bond donors (Lipinski definition) is 1. The number of nitrogens with zero attached hydrogens (tertiary/aromatic N) is 5. The highest BCUT2D eigenvalue weighted by molar-refractivity contribution is 6.31. The van der Waals surface area contributed by atoms with Crippen molar-refractivity contribution in [3.8, 4) is 0 Å². The minimum atomic E-state index is -0.629. The highest BCUT2D eigenvalue weighted by Gasteiger charge is 2.22. The van der Waals surface area contributed by atoms with Gasteiger partial charge in [-0.25, -0.2) is 0 Å².